The molecular formula is C15H25N3O3. The number of rotatable bonds is 6. The maximum atomic E-state index is 12.3. The molecule has 0 radical (unpaired) electrons. The van der Waals surface area contributed by atoms with E-state index in [0.717, 1.165) is 5.69 Å². The van der Waals surface area contributed by atoms with Gasteiger partial charge in [0.2, 0.25) is 5.91 Å². The lowest BCUT2D eigenvalue weighted by atomic mass is 9.80. The summed E-state index contributed by atoms with van der Waals surface area (Å²) in [6, 6.07) is 1.90. The van der Waals surface area contributed by atoms with Crippen molar-refractivity contribution in [2.75, 3.05) is 13.2 Å². The Morgan fingerprint density at radius 1 is 1.43 bits per heavy atom. The summed E-state index contributed by atoms with van der Waals surface area (Å²) in [5, 5.41) is 6.88. The van der Waals surface area contributed by atoms with Crippen molar-refractivity contribution in [1.29, 1.82) is 0 Å². The Hall–Kier alpha value is -1.85. The van der Waals surface area contributed by atoms with Crippen LogP contribution in [0.1, 0.15) is 33.4 Å². The van der Waals surface area contributed by atoms with Gasteiger partial charge in [0.25, 0.3) is 0 Å². The van der Waals surface area contributed by atoms with Crippen molar-refractivity contribution in [3.05, 3.63) is 18.0 Å². The maximum absolute atomic E-state index is 12.3. The summed E-state index contributed by atoms with van der Waals surface area (Å²) < 4.78 is 6.77. The van der Waals surface area contributed by atoms with Crippen LogP contribution in [0, 0.1) is 11.3 Å². The molecule has 0 aliphatic heterocycles. The van der Waals surface area contributed by atoms with E-state index in [0.29, 0.717) is 13.0 Å². The Morgan fingerprint density at radius 2 is 2.10 bits per heavy atom. The van der Waals surface area contributed by atoms with Gasteiger partial charge in [-0.25, -0.2) is 0 Å². The Labute approximate surface area is 125 Å². The Balaban J connectivity index is 2.61. The summed E-state index contributed by atoms with van der Waals surface area (Å²) in [6.07, 6.45) is 2.38. The molecule has 1 heterocycles. The average molecular weight is 295 g/mol. The highest BCUT2D eigenvalue weighted by atomic mass is 16.5. The monoisotopic (exact) mass is 295 g/mol. The van der Waals surface area contributed by atoms with Gasteiger partial charge >= 0.3 is 5.97 Å². The fourth-order valence-electron chi connectivity index (χ4n) is 2.14. The number of amides is 1. The summed E-state index contributed by atoms with van der Waals surface area (Å²) in [6.45, 7) is 8.04. The minimum Gasteiger partial charge on any atom is -0.465 e. The van der Waals surface area contributed by atoms with Gasteiger partial charge in [-0.2, -0.15) is 5.10 Å². The van der Waals surface area contributed by atoms with E-state index >= 15 is 0 Å². The zero-order valence-electron chi connectivity index (χ0n) is 13.5. The van der Waals surface area contributed by atoms with Gasteiger partial charge in [0.15, 0.2) is 0 Å². The molecule has 0 aliphatic carbocycles. The number of nitrogens with one attached hydrogen (secondary N) is 1. The summed E-state index contributed by atoms with van der Waals surface area (Å²) in [5.74, 6) is -1.56. The quantitative estimate of drug-likeness (QED) is 0.634. The molecule has 1 aromatic rings. The molecule has 1 amide bonds. The number of hydrogen-bond acceptors (Lipinski definition) is 4. The summed E-state index contributed by atoms with van der Waals surface area (Å²) >= 11 is 0. The molecule has 0 saturated carbocycles. The average Bonchev–Trinajstić information content (AvgIpc) is 2.73. The molecule has 1 N–H and O–H groups in total. The lowest BCUT2D eigenvalue weighted by Crippen LogP contribution is -2.44. The molecule has 118 valence electrons. The number of carbonyl (C=O) groups is 2. The van der Waals surface area contributed by atoms with E-state index in [1.807, 2.05) is 33.9 Å². The third-order valence-electron chi connectivity index (χ3n) is 3.25. The minimum atomic E-state index is -0.802. The number of aryl methyl sites for hydroxylation is 1. The van der Waals surface area contributed by atoms with Crippen molar-refractivity contribution in [3.8, 4) is 0 Å². The fourth-order valence-corrected chi connectivity index (χ4v) is 2.14. The van der Waals surface area contributed by atoms with Crippen molar-refractivity contribution in [1.82, 2.24) is 15.1 Å². The molecule has 1 unspecified atom stereocenters. The van der Waals surface area contributed by atoms with Crippen LogP contribution < -0.4 is 5.32 Å². The van der Waals surface area contributed by atoms with E-state index in [1.165, 1.54) is 0 Å². The number of ether oxygens (including phenoxy) is 1. The molecule has 6 nitrogen and oxygen atoms in total. The number of hydrogen-bond donors (Lipinski definition) is 1. The second-order valence-corrected chi connectivity index (χ2v) is 6.04. The first-order valence-electron chi connectivity index (χ1n) is 7.18. The molecule has 1 atom stereocenters. The van der Waals surface area contributed by atoms with Crippen molar-refractivity contribution in [2.45, 2.75) is 34.1 Å². The largest absolute Gasteiger partial charge is 0.465 e. The van der Waals surface area contributed by atoms with Gasteiger partial charge in [-0.3, -0.25) is 14.3 Å². The summed E-state index contributed by atoms with van der Waals surface area (Å²) in [4.78, 5) is 24.3. The van der Waals surface area contributed by atoms with E-state index in [2.05, 4.69) is 10.4 Å². The first-order chi connectivity index (χ1) is 9.77. The van der Waals surface area contributed by atoms with Gasteiger partial charge in [-0.05, 0) is 18.4 Å². The van der Waals surface area contributed by atoms with Crippen molar-refractivity contribution >= 4 is 11.9 Å². The molecule has 0 aliphatic rings. The van der Waals surface area contributed by atoms with E-state index < -0.39 is 17.3 Å². The predicted octanol–water partition coefficient (Wildman–Crippen LogP) is 1.30. The zero-order chi connectivity index (χ0) is 16.0. The molecule has 0 spiro atoms. The van der Waals surface area contributed by atoms with Gasteiger partial charge < -0.3 is 10.1 Å². The van der Waals surface area contributed by atoms with Crippen molar-refractivity contribution in [2.24, 2.45) is 18.4 Å². The fraction of sp³-hybridized carbons (Fsp3) is 0.667. The Morgan fingerprint density at radius 3 is 2.57 bits per heavy atom. The summed E-state index contributed by atoms with van der Waals surface area (Å²) in [5.41, 5.74) is 0.543. The molecule has 21 heavy (non-hydrogen) atoms. The molecule has 0 aromatic carbocycles. The van der Waals surface area contributed by atoms with Crippen LogP contribution in [-0.2, 0) is 27.8 Å². The molecule has 0 bridgehead atoms. The lowest BCUT2D eigenvalue weighted by Gasteiger charge is -2.27. The third kappa shape index (κ3) is 4.88. The maximum Gasteiger partial charge on any atom is 0.319 e. The highest BCUT2D eigenvalue weighted by Gasteiger charge is 2.38. The third-order valence-corrected chi connectivity index (χ3v) is 3.25. The van der Waals surface area contributed by atoms with Crippen molar-refractivity contribution in [3.63, 3.8) is 0 Å². The van der Waals surface area contributed by atoms with Crippen LogP contribution in [0.3, 0.4) is 0 Å². The normalized spacial score (nSPS) is 12.8. The van der Waals surface area contributed by atoms with Gasteiger partial charge in [-0.1, -0.05) is 20.8 Å². The van der Waals surface area contributed by atoms with Crippen LogP contribution in [0.25, 0.3) is 0 Å². The van der Waals surface area contributed by atoms with Gasteiger partial charge in [0.05, 0.1) is 6.61 Å². The molecule has 6 heteroatoms. The summed E-state index contributed by atoms with van der Waals surface area (Å²) in [7, 11) is 1.85. The standard InChI is InChI=1S/C15H25N3O3/c1-6-21-14(20)12(15(2,3)4)13(19)16-9-7-11-8-10-17-18(11)5/h8,10,12H,6-7,9H2,1-5H3,(H,16,19). The molecular weight excluding hydrogens is 270 g/mol. The zero-order valence-corrected chi connectivity index (χ0v) is 13.5. The Bertz CT molecular complexity index is 489. The molecule has 0 fully saturated rings. The Kier molecular flexibility index (Phi) is 5.93. The van der Waals surface area contributed by atoms with E-state index in [9.17, 15) is 9.59 Å². The van der Waals surface area contributed by atoms with Crippen molar-refractivity contribution < 1.29 is 14.3 Å². The smallest absolute Gasteiger partial charge is 0.319 e. The highest BCUT2D eigenvalue weighted by molar-refractivity contribution is 5.98. The predicted molar refractivity (Wildman–Crippen MR) is 79.5 cm³/mol. The minimum absolute atomic E-state index is 0.272. The van der Waals surface area contributed by atoms with Gasteiger partial charge in [-0.15, -0.1) is 0 Å². The molecule has 1 rings (SSSR count). The lowest BCUT2D eigenvalue weighted by molar-refractivity contribution is -0.156. The SMILES string of the molecule is CCOC(=O)C(C(=O)NCCc1ccnn1C)C(C)(C)C. The van der Waals surface area contributed by atoms with Crippen LogP contribution in [-0.4, -0.2) is 34.8 Å². The van der Waals surface area contributed by atoms with Gasteiger partial charge in [0, 0.05) is 31.9 Å². The molecule has 1 aromatic heterocycles. The van der Waals surface area contributed by atoms with Crippen LogP contribution in [0.15, 0.2) is 12.3 Å². The van der Waals surface area contributed by atoms with E-state index in [4.69, 9.17) is 4.74 Å². The van der Waals surface area contributed by atoms with Gasteiger partial charge in [0.1, 0.15) is 5.92 Å². The molecule has 0 saturated heterocycles. The number of aromatic nitrogens is 2. The van der Waals surface area contributed by atoms with Crippen LogP contribution in [0.4, 0.5) is 0 Å². The number of esters is 1. The number of nitrogens with zero attached hydrogens (tertiary/aromatic N) is 2. The second kappa shape index (κ2) is 7.24. The van der Waals surface area contributed by atoms with Crippen LogP contribution in [0.5, 0.6) is 0 Å². The highest BCUT2D eigenvalue weighted by Crippen LogP contribution is 2.27. The van der Waals surface area contributed by atoms with Crippen LogP contribution >= 0.6 is 0 Å². The first kappa shape index (κ1) is 17.2. The topological polar surface area (TPSA) is 73.2 Å². The second-order valence-electron chi connectivity index (χ2n) is 6.04. The van der Waals surface area contributed by atoms with E-state index in [-0.39, 0.29) is 12.5 Å². The van der Waals surface area contributed by atoms with Crippen LogP contribution in [0.2, 0.25) is 0 Å². The first-order valence-corrected chi connectivity index (χ1v) is 7.18. The number of carbonyl (C=O) groups excluding carboxylic acids is 2. The van der Waals surface area contributed by atoms with E-state index in [1.54, 1.807) is 17.8 Å².